The molecule has 2 aromatic carbocycles. The average molecular weight is 324 g/mol. The Labute approximate surface area is 141 Å². The summed E-state index contributed by atoms with van der Waals surface area (Å²) >= 11 is 0. The zero-order valence-corrected chi connectivity index (χ0v) is 13.7. The molecule has 0 radical (unpaired) electrons. The average Bonchev–Trinajstić information content (AvgIpc) is 2.92. The quantitative estimate of drug-likeness (QED) is 0.860. The zero-order valence-electron chi connectivity index (χ0n) is 13.7. The van der Waals surface area contributed by atoms with Gasteiger partial charge < -0.3 is 10.1 Å². The summed E-state index contributed by atoms with van der Waals surface area (Å²) in [4.78, 5) is 25.4. The van der Waals surface area contributed by atoms with E-state index in [1.165, 1.54) is 0 Å². The van der Waals surface area contributed by atoms with E-state index in [-0.39, 0.29) is 11.8 Å². The number of amides is 2. The zero-order chi connectivity index (χ0) is 17.1. The predicted molar refractivity (Wildman–Crippen MR) is 92.0 cm³/mol. The lowest BCUT2D eigenvalue weighted by molar-refractivity contribution is -0.117. The molecule has 0 aliphatic carbocycles. The van der Waals surface area contributed by atoms with Crippen LogP contribution >= 0.6 is 0 Å². The van der Waals surface area contributed by atoms with Gasteiger partial charge >= 0.3 is 0 Å². The second kappa shape index (κ2) is 6.74. The number of hydrogen-bond donors (Lipinski definition) is 1. The second-order valence-electron chi connectivity index (χ2n) is 5.91. The molecule has 5 nitrogen and oxygen atoms in total. The van der Waals surface area contributed by atoms with Crippen molar-refractivity contribution in [1.29, 1.82) is 0 Å². The minimum atomic E-state index is -0.397. The van der Waals surface area contributed by atoms with Gasteiger partial charge in [-0.05, 0) is 36.8 Å². The van der Waals surface area contributed by atoms with Gasteiger partial charge in [0.25, 0.3) is 0 Å². The number of rotatable bonds is 5. The number of hydrogen-bond acceptors (Lipinski definition) is 3. The predicted octanol–water partition coefficient (Wildman–Crippen LogP) is 2.60. The number of methoxy groups -OCH3 is 1. The molecule has 1 fully saturated rings. The van der Waals surface area contributed by atoms with Crippen molar-refractivity contribution in [2.24, 2.45) is 0 Å². The molecule has 2 aromatic rings. The fraction of sp³-hybridized carbons (Fsp3) is 0.263. The molecule has 0 unspecified atom stereocenters. The molecule has 0 spiro atoms. The molecule has 1 saturated heterocycles. The van der Waals surface area contributed by atoms with Gasteiger partial charge in [0.15, 0.2) is 0 Å². The summed E-state index contributed by atoms with van der Waals surface area (Å²) in [5.74, 6) is 0.635. The van der Waals surface area contributed by atoms with E-state index in [0.29, 0.717) is 12.8 Å². The fourth-order valence-corrected chi connectivity index (χ4v) is 3.15. The minimum absolute atomic E-state index is 0.00917. The molecule has 24 heavy (non-hydrogen) atoms. The molecule has 2 amide bonds. The molecule has 3 rings (SSSR count). The smallest absolute Gasteiger partial charge is 0.229 e. The van der Waals surface area contributed by atoms with Gasteiger partial charge in [0.2, 0.25) is 12.3 Å². The first kappa shape index (κ1) is 16.1. The van der Waals surface area contributed by atoms with Crippen molar-refractivity contribution in [3.63, 3.8) is 0 Å². The van der Waals surface area contributed by atoms with Gasteiger partial charge in [-0.1, -0.05) is 29.8 Å². The molecule has 124 valence electrons. The summed E-state index contributed by atoms with van der Waals surface area (Å²) in [5.41, 5.74) is 2.95. The van der Waals surface area contributed by atoms with Crippen LogP contribution in [0.5, 0.6) is 5.75 Å². The molecular weight excluding hydrogens is 304 g/mol. The van der Waals surface area contributed by atoms with E-state index in [4.69, 9.17) is 4.74 Å². The highest BCUT2D eigenvalue weighted by atomic mass is 16.5. The second-order valence-corrected chi connectivity index (χ2v) is 5.91. The Morgan fingerprint density at radius 2 is 1.79 bits per heavy atom. The van der Waals surface area contributed by atoms with Crippen molar-refractivity contribution >= 4 is 18.0 Å². The van der Waals surface area contributed by atoms with Gasteiger partial charge in [-0.3, -0.25) is 14.5 Å². The van der Waals surface area contributed by atoms with Crippen molar-refractivity contribution in [2.45, 2.75) is 25.4 Å². The Morgan fingerprint density at radius 1 is 1.12 bits per heavy atom. The lowest BCUT2D eigenvalue weighted by Gasteiger charge is -2.28. The maximum atomic E-state index is 12.6. The summed E-state index contributed by atoms with van der Waals surface area (Å²) in [5, 5.41) is 2.81. The highest BCUT2D eigenvalue weighted by molar-refractivity contribution is 5.97. The highest BCUT2D eigenvalue weighted by Gasteiger charge is 2.41. The number of carbonyl (C=O) groups is 2. The molecule has 0 aromatic heterocycles. The molecule has 1 aliphatic rings. The third-order valence-corrected chi connectivity index (χ3v) is 4.42. The topological polar surface area (TPSA) is 58.6 Å². The van der Waals surface area contributed by atoms with Crippen LogP contribution in [0.4, 0.5) is 5.69 Å². The Balaban J connectivity index is 1.94. The highest BCUT2D eigenvalue weighted by Crippen LogP contribution is 2.36. The first-order chi connectivity index (χ1) is 11.6. The summed E-state index contributed by atoms with van der Waals surface area (Å²) < 4.78 is 5.16. The minimum Gasteiger partial charge on any atom is -0.497 e. The molecule has 0 bridgehead atoms. The van der Waals surface area contributed by atoms with Gasteiger partial charge in [-0.25, -0.2) is 0 Å². The van der Waals surface area contributed by atoms with E-state index in [1.807, 2.05) is 43.3 Å². The summed E-state index contributed by atoms with van der Waals surface area (Å²) in [6.45, 7) is 2.02. The first-order valence-corrected chi connectivity index (χ1v) is 7.86. The largest absolute Gasteiger partial charge is 0.497 e. The Hall–Kier alpha value is -2.82. The lowest BCUT2D eigenvalue weighted by Crippen LogP contribution is -2.45. The molecular formula is C19H20N2O3. The number of anilines is 1. The van der Waals surface area contributed by atoms with E-state index in [9.17, 15) is 9.59 Å². The van der Waals surface area contributed by atoms with Crippen molar-refractivity contribution in [2.75, 3.05) is 12.0 Å². The van der Waals surface area contributed by atoms with Crippen LogP contribution in [0.3, 0.4) is 0 Å². The van der Waals surface area contributed by atoms with E-state index >= 15 is 0 Å². The van der Waals surface area contributed by atoms with Crippen LogP contribution in [0.1, 0.15) is 23.5 Å². The standard InChI is InChI=1S/C19H20N2O3/c1-13-3-5-14(6-4-13)17-11-18(23)21(19(17)20-12-22)15-7-9-16(24-2)10-8-15/h3-10,12,17,19H,11H2,1-2H3,(H,20,22)/t17-,19+/m0/s1. The molecule has 0 saturated carbocycles. The molecule has 2 atom stereocenters. The maximum absolute atomic E-state index is 12.6. The van der Waals surface area contributed by atoms with E-state index < -0.39 is 6.17 Å². The summed E-state index contributed by atoms with van der Waals surface area (Å²) in [6, 6.07) is 15.3. The van der Waals surface area contributed by atoms with Gasteiger partial charge in [-0.15, -0.1) is 0 Å². The van der Waals surface area contributed by atoms with Crippen LogP contribution in [0, 0.1) is 6.92 Å². The monoisotopic (exact) mass is 324 g/mol. The molecule has 1 aliphatic heterocycles. The van der Waals surface area contributed by atoms with Gasteiger partial charge in [-0.2, -0.15) is 0 Å². The number of carbonyl (C=O) groups excluding carboxylic acids is 2. The third kappa shape index (κ3) is 2.97. The van der Waals surface area contributed by atoms with Crippen molar-refractivity contribution in [1.82, 2.24) is 5.32 Å². The summed E-state index contributed by atoms with van der Waals surface area (Å²) in [6.07, 6.45) is 0.618. The number of nitrogens with one attached hydrogen (secondary N) is 1. The lowest BCUT2D eigenvalue weighted by atomic mass is 9.95. The van der Waals surface area contributed by atoms with E-state index in [0.717, 1.165) is 22.6 Å². The van der Waals surface area contributed by atoms with Crippen LogP contribution in [0.25, 0.3) is 0 Å². The van der Waals surface area contributed by atoms with Crippen LogP contribution in [-0.2, 0) is 9.59 Å². The van der Waals surface area contributed by atoms with E-state index in [2.05, 4.69) is 5.32 Å². The van der Waals surface area contributed by atoms with Crippen molar-refractivity contribution in [3.05, 3.63) is 59.7 Å². The van der Waals surface area contributed by atoms with Crippen molar-refractivity contribution in [3.8, 4) is 5.75 Å². The number of nitrogens with zero attached hydrogens (tertiary/aromatic N) is 1. The Bertz CT molecular complexity index is 725. The van der Waals surface area contributed by atoms with Gasteiger partial charge in [0.05, 0.1) is 7.11 Å². The maximum Gasteiger partial charge on any atom is 0.229 e. The molecule has 1 heterocycles. The number of ether oxygens (including phenoxy) is 1. The van der Waals surface area contributed by atoms with Crippen molar-refractivity contribution < 1.29 is 14.3 Å². The third-order valence-electron chi connectivity index (χ3n) is 4.42. The fourth-order valence-electron chi connectivity index (χ4n) is 3.15. The summed E-state index contributed by atoms with van der Waals surface area (Å²) in [7, 11) is 1.60. The van der Waals surface area contributed by atoms with E-state index in [1.54, 1.807) is 24.1 Å². The van der Waals surface area contributed by atoms with Crippen LogP contribution in [0.15, 0.2) is 48.5 Å². The normalized spacial score (nSPS) is 20.1. The number of aryl methyl sites for hydroxylation is 1. The molecule has 1 N–H and O–H groups in total. The van der Waals surface area contributed by atoms with Crippen LogP contribution in [-0.4, -0.2) is 25.6 Å². The first-order valence-electron chi connectivity index (χ1n) is 7.86. The van der Waals surface area contributed by atoms with Crippen LogP contribution in [0.2, 0.25) is 0 Å². The molecule has 5 heteroatoms. The number of benzene rings is 2. The Morgan fingerprint density at radius 3 is 2.38 bits per heavy atom. The van der Waals surface area contributed by atoms with Gasteiger partial charge in [0, 0.05) is 18.0 Å². The van der Waals surface area contributed by atoms with Gasteiger partial charge in [0.1, 0.15) is 11.9 Å². The Kier molecular flexibility index (Phi) is 4.51. The SMILES string of the molecule is COc1ccc(N2C(=O)C[C@@H](c3ccc(C)cc3)[C@@H]2NC=O)cc1. The van der Waals surface area contributed by atoms with Crippen LogP contribution < -0.4 is 15.0 Å².